The van der Waals surface area contributed by atoms with E-state index in [1.54, 1.807) is 25.3 Å². The lowest BCUT2D eigenvalue weighted by molar-refractivity contribution is -0.121. The van der Waals surface area contributed by atoms with E-state index in [2.05, 4.69) is 4.98 Å². The Morgan fingerprint density at radius 3 is 3.17 bits per heavy atom. The molecule has 0 spiro atoms. The van der Waals surface area contributed by atoms with Crippen LogP contribution < -0.4 is 10.6 Å². The summed E-state index contributed by atoms with van der Waals surface area (Å²) in [6, 6.07) is 3.01. The van der Waals surface area contributed by atoms with Crippen molar-refractivity contribution in [3.05, 3.63) is 23.9 Å². The number of aliphatic hydroxyl groups excluding tert-OH is 1. The number of rotatable bonds is 3. The van der Waals surface area contributed by atoms with Gasteiger partial charge in [0, 0.05) is 12.7 Å². The highest BCUT2D eigenvalue weighted by Crippen LogP contribution is 2.21. The summed E-state index contributed by atoms with van der Waals surface area (Å²) in [5.41, 5.74) is 6.11. The van der Waals surface area contributed by atoms with E-state index in [4.69, 9.17) is 10.5 Å². The van der Waals surface area contributed by atoms with Crippen molar-refractivity contribution >= 4 is 11.7 Å². The number of primary amides is 1. The molecule has 1 aromatic rings. The van der Waals surface area contributed by atoms with Crippen LogP contribution in [0.4, 0.5) is 5.82 Å². The molecule has 6 nitrogen and oxygen atoms in total. The molecule has 1 unspecified atom stereocenters. The number of nitrogens with two attached hydrogens (primary N) is 1. The van der Waals surface area contributed by atoms with Gasteiger partial charge in [-0.3, -0.25) is 4.79 Å². The molecule has 1 aromatic heterocycles. The number of ether oxygens (including phenoxy) is 1. The lowest BCUT2D eigenvalue weighted by Gasteiger charge is -2.34. The van der Waals surface area contributed by atoms with Crippen LogP contribution in [0.1, 0.15) is 18.6 Å². The second kappa shape index (κ2) is 5.32. The first kappa shape index (κ1) is 12.8. The first-order valence-corrected chi connectivity index (χ1v) is 5.87. The molecular weight excluding hydrogens is 234 g/mol. The van der Waals surface area contributed by atoms with Crippen LogP contribution in [-0.4, -0.2) is 41.8 Å². The van der Waals surface area contributed by atoms with Gasteiger partial charge in [0.15, 0.2) is 0 Å². The SMILES string of the molecule is C[C@@H](O)c1ccnc(N2CCOCC2C(N)=O)c1. The Balaban J connectivity index is 2.28. The number of aliphatic hydroxyl groups is 1. The van der Waals surface area contributed by atoms with Crippen molar-refractivity contribution in [2.75, 3.05) is 24.7 Å². The van der Waals surface area contributed by atoms with Crippen LogP contribution in [-0.2, 0) is 9.53 Å². The van der Waals surface area contributed by atoms with Crippen molar-refractivity contribution in [1.29, 1.82) is 0 Å². The van der Waals surface area contributed by atoms with E-state index >= 15 is 0 Å². The van der Waals surface area contributed by atoms with Crippen LogP contribution in [0, 0.1) is 0 Å². The van der Waals surface area contributed by atoms with Crippen LogP contribution in [0.3, 0.4) is 0 Å². The minimum atomic E-state index is -0.570. The van der Waals surface area contributed by atoms with E-state index in [1.807, 2.05) is 4.90 Å². The molecule has 98 valence electrons. The number of hydrogen-bond acceptors (Lipinski definition) is 5. The standard InChI is InChI=1S/C12H17N3O3/c1-8(16)9-2-3-14-11(6-9)15-4-5-18-7-10(15)12(13)17/h2-3,6,8,10,16H,4-5,7H2,1H3,(H2,13,17)/t8-,10?/m1/s1. The third kappa shape index (κ3) is 2.60. The predicted octanol–water partition coefficient (Wildman–Crippen LogP) is -0.175. The average Bonchev–Trinajstić information content (AvgIpc) is 2.39. The van der Waals surface area contributed by atoms with Crippen molar-refractivity contribution in [2.24, 2.45) is 5.73 Å². The second-order valence-electron chi connectivity index (χ2n) is 4.31. The van der Waals surface area contributed by atoms with Gasteiger partial charge in [0.25, 0.3) is 0 Å². The molecule has 6 heteroatoms. The van der Waals surface area contributed by atoms with E-state index in [9.17, 15) is 9.90 Å². The van der Waals surface area contributed by atoms with Gasteiger partial charge in [-0.25, -0.2) is 4.98 Å². The molecular formula is C12H17N3O3. The number of anilines is 1. The minimum absolute atomic E-state index is 0.274. The van der Waals surface area contributed by atoms with Crippen LogP contribution in [0.25, 0.3) is 0 Å². The van der Waals surface area contributed by atoms with Gasteiger partial charge < -0.3 is 20.5 Å². The zero-order chi connectivity index (χ0) is 13.1. The van der Waals surface area contributed by atoms with Gasteiger partial charge in [-0.05, 0) is 24.6 Å². The monoisotopic (exact) mass is 251 g/mol. The zero-order valence-corrected chi connectivity index (χ0v) is 10.2. The molecule has 0 saturated carbocycles. The van der Waals surface area contributed by atoms with Crippen molar-refractivity contribution in [3.63, 3.8) is 0 Å². The Labute approximate surface area is 105 Å². The van der Waals surface area contributed by atoms with Crippen LogP contribution in [0.15, 0.2) is 18.3 Å². The summed E-state index contributed by atoms with van der Waals surface area (Å²) < 4.78 is 5.25. The van der Waals surface area contributed by atoms with Gasteiger partial charge in [-0.15, -0.1) is 0 Å². The summed E-state index contributed by atoms with van der Waals surface area (Å²) in [5.74, 6) is 0.208. The molecule has 0 bridgehead atoms. The van der Waals surface area contributed by atoms with E-state index in [-0.39, 0.29) is 6.61 Å². The van der Waals surface area contributed by atoms with Gasteiger partial charge in [-0.1, -0.05) is 0 Å². The molecule has 2 heterocycles. The van der Waals surface area contributed by atoms with Crippen molar-refractivity contribution in [1.82, 2.24) is 4.98 Å². The summed E-state index contributed by atoms with van der Waals surface area (Å²) in [6.45, 7) is 3.05. The van der Waals surface area contributed by atoms with Gasteiger partial charge >= 0.3 is 0 Å². The third-order valence-electron chi connectivity index (χ3n) is 3.00. The predicted molar refractivity (Wildman–Crippen MR) is 66.0 cm³/mol. The number of pyridine rings is 1. The zero-order valence-electron chi connectivity index (χ0n) is 10.2. The number of aromatic nitrogens is 1. The highest BCUT2D eigenvalue weighted by Gasteiger charge is 2.28. The molecule has 1 fully saturated rings. The molecule has 1 saturated heterocycles. The summed E-state index contributed by atoms with van der Waals surface area (Å²) >= 11 is 0. The molecule has 3 N–H and O–H groups in total. The maximum atomic E-state index is 11.4. The quantitative estimate of drug-likeness (QED) is 0.778. The lowest BCUT2D eigenvalue weighted by Crippen LogP contribution is -2.53. The molecule has 2 atom stereocenters. The largest absolute Gasteiger partial charge is 0.389 e. The molecule has 1 aliphatic rings. The fraction of sp³-hybridized carbons (Fsp3) is 0.500. The first-order valence-electron chi connectivity index (χ1n) is 5.87. The molecule has 1 aliphatic heterocycles. The van der Waals surface area contributed by atoms with Gasteiger partial charge in [0.1, 0.15) is 11.9 Å². The Kier molecular flexibility index (Phi) is 3.78. The van der Waals surface area contributed by atoms with Crippen LogP contribution >= 0.6 is 0 Å². The highest BCUT2D eigenvalue weighted by atomic mass is 16.5. The van der Waals surface area contributed by atoms with Crippen LogP contribution in [0.2, 0.25) is 0 Å². The number of hydrogen-bond donors (Lipinski definition) is 2. The summed E-state index contributed by atoms with van der Waals surface area (Å²) in [4.78, 5) is 17.4. The van der Waals surface area contributed by atoms with E-state index < -0.39 is 18.1 Å². The van der Waals surface area contributed by atoms with E-state index in [0.717, 1.165) is 5.56 Å². The summed E-state index contributed by atoms with van der Waals surface area (Å²) in [5, 5.41) is 9.56. The normalized spacial score (nSPS) is 21.7. The maximum absolute atomic E-state index is 11.4. The van der Waals surface area contributed by atoms with Gasteiger partial charge in [-0.2, -0.15) is 0 Å². The van der Waals surface area contributed by atoms with Crippen molar-refractivity contribution in [2.45, 2.75) is 19.1 Å². The van der Waals surface area contributed by atoms with Gasteiger partial charge in [0.05, 0.1) is 19.3 Å². The van der Waals surface area contributed by atoms with E-state index in [1.165, 1.54) is 0 Å². The number of amides is 1. The Morgan fingerprint density at radius 1 is 1.72 bits per heavy atom. The number of carbonyl (C=O) groups excluding carboxylic acids is 1. The Bertz CT molecular complexity index is 436. The number of morpholine rings is 1. The lowest BCUT2D eigenvalue weighted by atomic mass is 10.1. The molecule has 2 rings (SSSR count). The second-order valence-corrected chi connectivity index (χ2v) is 4.31. The number of nitrogens with zero attached hydrogens (tertiary/aromatic N) is 2. The topological polar surface area (TPSA) is 88.7 Å². The fourth-order valence-electron chi connectivity index (χ4n) is 1.96. The molecule has 18 heavy (non-hydrogen) atoms. The minimum Gasteiger partial charge on any atom is -0.389 e. The van der Waals surface area contributed by atoms with Gasteiger partial charge in [0.2, 0.25) is 5.91 Å². The average molecular weight is 251 g/mol. The first-order chi connectivity index (χ1) is 8.59. The Morgan fingerprint density at radius 2 is 2.50 bits per heavy atom. The summed E-state index contributed by atoms with van der Waals surface area (Å²) in [7, 11) is 0. The molecule has 0 aliphatic carbocycles. The van der Waals surface area contributed by atoms with E-state index in [0.29, 0.717) is 19.0 Å². The summed E-state index contributed by atoms with van der Waals surface area (Å²) in [6.07, 6.45) is 1.05. The molecule has 0 aromatic carbocycles. The van der Waals surface area contributed by atoms with Crippen molar-refractivity contribution < 1.29 is 14.6 Å². The van der Waals surface area contributed by atoms with Crippen molar-refractivity contribution in [3.8, 4) is 0 Å². The molecule has 0 radical (unpaired) electrons. The Hall–Kier alpha value is -1.66. The van der Waals surface area contributed by atoms with Crippen LogP contribution in [0.5, 0.6) is 0 Å². The number of carbonyl (C=O) groups is 1. The molecule has 1 amide bonds. The maximum Gasteiger partial charge on any atom is 0.242 e. The highest BCUT2D eigenvalue weighted by molar-refractivity contribution is 5.83. The third-order valence-corrected chi connectivity index (χ3v) is 3.00. The fourth-order valence-corrected chi connectivity index (χ4v) is 1.96. The smallest absolute Gasteiger partial charge is 0.242 e.